The Bertz CT molecular complexity index is 1190. The van der Waals surface area contributed by atoms with Crippen molar-refractivity contribution in [3.05, 3.63) is 125 Å². The minimum atomic E-state index is 0.163. The van der Waals surface area contributed by atoms with Crippen molar-refractivity contribution >= 4 is 11.6 Å². The zero-order valence-electron chi connectivity index (χ0n) is 18.9. The summed E-state index contributed by atoms with van der Waals surface area (Å²) in [7, 11) is 0. The normalized spacial score (nSPS) is 16.9. The van der Waals surface area contributed by atoms with Crippen LogP contribution in [0.4, 0.5) is 0 Å². The van der Waals surface area contributed by atoms with Crippen molar-refractivity contribution in [1.82, 2.24) is 0 Å². The van der Waals surface area contributed by atoms with Crippen LogP contribution in [0.3, 0.4) is 0 Å². The standard InChI is InChI=1S/C30H27ClO3/c31-17-18-32-25-13-11-24(12-14-25)30-27-16-15-26(33-20-22-7-3-1-4-8-22)19-29(27)34-21-28(30)23-9-5-2-6-10-23/h1-16,19,28,30H,17-18,20-21H2. The van der Waals surface area contributed by atoms with Gasteiger partial charge in [0.15, 0.2) is 0 Å². The van der Waals surface area contributed by atoms with E-state index in [2.05, 4.69) is 60.7 Å². The molecular weight excluding hydrogens is 444 g/mol. The van der Waals surface area contributed by atoms with Crippen LogP contribution in [-0.4, -0.2) is 19.1 Å². The van der Waals surface area contributed by atoms with Gasteiger partial charge in [-0.2, -0.15) is 0 Å². The third-order valence-corrected chi connectivity index (χ3v) is 6.36. The molecule has 0 saturated heterocycles. The monoisotopic (exact) mass is 470 g/mol. The van der Waals surface area contributed by atoms with Gasteiger partial charge in [0.05, 0.1) is 12.5 Å². The van der Waals surface area contributed by atoms with Crippen molar-refractivity contribution in [1.29, 1.82) is 0 Å². The summed E-state index contributed by atoms with van der Waals surface area (Å²) in [5.74, 6) is 3.36. The largest absolute Gasteiger partial charge is 0.492 e. The Balaban J connectivity index is 1.45. The highest BCUT2D eigenvalue weighted by molar-refractivity contribution is 6.18. The molecule has 3 nitrogen and oxygen atoms in total. The molecule has 34 heavy (non-hydrogen) atoms. The Morgan fingerprint density at radius 1 is 0.735 bits per heavy atom. The van der Waals surface area contributed by atoms with Crippen molar-refractivity contribution in [3.63, 3.8) is 0 Å². The fourth-order valence-corrected chi connectivity index (χ4v) is 4.63. The van der Waals surface area contributed by atoms with Gasteiger partial charge < -0.3 is 14.2 Å². The van der Waals surface area contributed by atoms with Crippen molar-refractivity contribution in [2.45, 2.75) is 18.4 Å². The van der Waals surface area contributed by atoms with Crippen LogP contribution in [0.15, 0.2) is 103 Å². The number of benzene rings is 4. The fraction of sp³-hybridized carbons (Fsp3) is 0.200. The third kappa shape index (κ3) is 5.05. The van der Waals surface area contributed by atoms with Crippen molar-refractivity contribution in [3.8, 4) is 17.2 Å². The minimum Gasteiger partial charge on any atom is -0.492 e. The number of hydrogen-bond donors (Lipinski definition) is 0. The van der Waals surface area contributed by atoms with E-state index in [4.69, 9.17) is 25.8 Å². The fourth-order valence-electron chi connectivity index (χ4n) is 4.55. The number of rotatable bonds is 8. The molecule has 0 fully saturated rings. The summed E-state index contributed by atoms with van der Waals surface area (Å²) in [5, 5.41) is 0. The maximum atomic E-state index is 6.29. The molecule has 0 bridgehead atoms. The quantitative estimate of drug-likeness (QED) is 0.255. The molecule has 1 heterocycles. The van der Waals surface area contributed by atoms with E-state index in [0.29, 0.717) is 25.7 Å². The molecular formula is C30H27ClO3. The lowest BCUT2D eigenvalue weighted by Gasteiger charge is -2.34. The zero-order valence-corrected chi connectivity index (χ0v) is 19.7. The lowest BCUT2D eigenvalue weighted by molar-refractivity contribution is 0.245. The predicted molar refractivity (Wildman–Crippen MR) is 136 cm³/mol. The van der Waals surface area contributed by atoms with Crippen molar-refractivity contribution in [2.24, 2.45) is 0 Å². The number of halogens is 1. The number of hydrogen-bond acceptors (Lipinski definition) is 3. The first-order chi connectivity index (χ1) is 16.8. The van der Waals surface area contributed by atoms with Gasteiger partial charge in [-0.25, -0.2) is 0 Å². The molecule has 5 rings (SSSR count). The summed E-state index contributed by atoms with van der Waals surface area (Å²) in [5.41, 5.74) is 4.81. The van der Waals surface area contributed by atoms with E-state index < -0.39 is 0 Å². The van der Waals surface area contributed by atoms with Crippen molar-refractivity contribution < 1.29 is 14.2 Å². The number of fused-ring (bicyclic) bond motifs is 1. The van der Waals surface area contributed by atoms with Gasteiger partial charge in [0.1, 0.15) is 30.5 Å². The topological polar surface area (TPSA) is 27.7 Å². The van der Waals surface area contributed by atoms with Crippen LogP contribution in [0.2, 0.25) is 0 Å². The van der Waals surface area contributed by atoms with Crippen molar-refractivity contribution in [2.75, 3.05) is 19.1 Å². The Hall–Kier alpha value is -3.43. The molecule has 0 spiro atoms. The highest BCUT2D eigenvalue weighted by atomic mass is 35.5. The maximum absolute atomic E-state index is 6.29. The molecule has 0 aliphatic carbocycles. The molecule has 1 aliphatic heterocycles. The molecule has 4 aromatic rings. The van der Waals surface area contributed by atoms with Gasteiger partial charge in [-0.3, -0.25) is 0 Å². The average Bonchev–Trinajstić information content (AvgIpc) is 2.91. The SMILES string of the molecule is ClCCOc1ccc(C2c3ccc(OCc4ccccc4)cc3OCC2c2ccccc2)cc1. The summed E-state index contributed by atoms with van der Waals surface area (Å²) in [6.45, 7) is 1.63. The molecule has 2 unspecified atom stereocenters. The Kier molecular flexibility index (Phi) is 7.02. The number of alkyl halides is 1. The van der Waals surface area contributed by atoms with Gasteiger partial charge in [0.2, 0.25) is 0 Å². The second-order valence-corrected chi connectivity index (χ2v) is 8.76. The van der Waals surface area contributed by atoms with E-state index >= 15 is 0 Å². The highest BCUT2D eigenvalue weighted by Crippen LogP contribution is 2.47. The second kappa shape index (κ2) is 10.7. The maximum Gasteiger partial charge on any atom is 0.126 e. The van der Waals surface area contributed by atoms with Gasteiger partial charge in [0, 0.05) is 23.5 Å². The van der Waals surface area contributed by atoms with E-state index in [1.54, 1.807) is 0 Å². The van der Waals surface area contributed by atoms with Gasteiger partial charge in [-0.15, -0.1) is 11.6 Å². The van der Waals surface area contributed by atoms with Crippen LogP contribution < -0.4 is 14.2 Å². The number of ether oxygens (including phenoxy) is 3. The molecule has 0 saturated carbocycles. The first-order valence-corrected chi connectivity index (χ1v) is 12.1. The van der Waals surface area contributed by atoms with E-state index in [9.17, 15) is 0 Å². The Morgan fingerprint density at radius 3 is 2.18 bits per heavy atom. The van der Waals surface area contributed by atoms with E-state index in [1.165, 1.54) is 16.7 Å². The highest BCUT2D eigenvalue weighted by Gasteiger charge is 2.33. The molecule has 0 radical (unpaired) electrons. The summed E-state index contributed by atoms with van der Waals surface area (Å²) >= 11 is 5.77. The second-order valence-electron chi connectivity index (χ2n) is 8.39. The lowest BCUT2D eigenvalue weighted by Crippen LogP contribution is -2.25. The van der Waals surface area contributed by atoms with Crippen LogP contribution in [0.25, 0.3) is 0 Å². The van der Waals surface area contributed by atoms with Crippen LogP contribution in [0.5, 0.6) is 17.2 Å². The molecule has 1 aliphatic rings. The average molecular weight is 471 g/mol. The molecule has 4 aromatic carbocycles. The molecule has 4 heteroatoms. The van der Waals surface area contributed by atoms with Crippen LogP contribution >= 0.6 is 11.6 Å². The molecule has 0 aromatic heterocycles. The van der Waals surface area contributed by atoms with E-state index in [0.717, 1.165) is 22.8 Å². The van der Waals surface area contributed by atoms with Gasteiger partial charge in [-0.1, -0.05) is 78.9 Å². The minimum absolute atomic E-state index is 0.163. The molecule has 172 valence electrons. The van der Waals surface area contributed by atoms with Crippen LogP contribution in [-0.2, 0) is 6.61 Å². The summed E-state index contributed by atoms with van der Waals surface area (Å²) in [6, 6.07) is 35.3. The Morgan fingerprint density at radius 2 is 1.44 bits per heavy atom. The molecule has 0 amide bonds. The van der Waals surface area contributed by atoms with Gasteiger partial charge >= 0.3 is 0 Å². The smallest absolute Gasteiger partial charge is 0.126 e. The predicted octanol–water partition coefficient (Wildman–Crippen LogP) is 7.19. The third-order valence-electron chi connectivity index (χ3n) is 6.20. The zero-order chi connectivity index (χ0) is 23.2. The van der Waals surface area contributed by atoms with E-state index in [1.807, 2.05) is 42.5 Å². The van der Waals surface area contributed by atoms with Crippen LogP contribution in [0, 0.1) is 0 Å². The van der Waals surface area contributed by atoms with E-state index in [-0.39, 0.29) is 11.8 Å². The summed E-state index contributed by atoms with van der Waals surface area (Å²) < 4.78 is 18.0. The Labute approximate surface area is 205 Å². The molecule has 2 atom stereocenters. The van der Waals surface area contributed by atoms with Gasteiger partial charge in [-0.05, 0) is 34.9 Å². The summed E-state index contributed by atoms with van der Waals surface area (Å²) in [4.78, 5) is 0. The summed E-state index contributed by atoms with van der Waals surface area (Å²) in [6.07, 6.45) is 0. The molecule has 0 N–H and O–H groups in total. The van der Waals surface area contributed by atoms with Gasteiger partial charge in [0.25, 0.3) is 0 Å². The first kappa shape index (κ1) is 22.4. The lowest BCUT2D eigenvalue weighted by atomic mass is 9.76. The van der Waals surface area contributed by atoms with Crippen LogP contribution in [0.1, 0.15) is 34.1 Å². The first-order valence-electron chi connectivity index (χ1n) is 11.6.